The standard InChI is InChI=1S/C21H22F3NO4/c1-27-16-5-6-18(19(13-16)28-2)14-10-15(21(22,23)24)12-17(11-14)29-9-8-25-7-3-4-20(25)26/h5-6,10-13H,3-4,7-9H2,1-2H3. The Balaban J connectivity index is 1.89. The highest BCUT2D eigenvalue weighted by Gasteiger charge is 2.32. The molecule has 1 fully saturated rings. The van der Waals surface area contributed by atoms with Gasteiger partial charge in [0.2, 0.25) is 5.91 Å². The molecule has 2 aromatic carbocycles. The highest BCUT2D eigenvalue weighted by atomic mass is 19.4. The lowest BCUT2D eigenvalue weighted by atomic mass is 10.0. The molecular formula is C21H22F3NO4. The van der Waals surface area contributed by atoms with E-state index in [1.807, 2.05) is 0 Å². The Morgan fingerprint density at radius 1 is 1.03 bits per heavy atom. The Labute approximate surface area is 167 Å². The molecule has 29 heavy (non-hydrogen) atoms. The Hall–Kier alpha value is -2.90. The van der Waals surface area contributed by atoms with Gasteiger partial charge in [0.25, 0.3) is 0 Å². The summed E-state index contributed by atoms with van der Waals surface area (Å²) in [6.45, 7) is 1.11. The molecule has 1 aliphatic heterocycles. The zero-order chi connectivity index (χ0) is 21.0. The minimum atomic E-state index is -4.53. The molecule has 156 valence electrons. The first kappa shape index (κ1) is 20.8. The van der Waals surface area contributed by atoms with Crippen LogP contribution in [0.1, 0.15) is 18.4 Å². The first-order valence-electron chi connectivity index (χ1n) is 9.17. The number of carbonyl (C=O) groups excluding carboxylic acids is 1. The maximum absolute atomic E-state index is 13.4. The van der Waals surface area contributed by atoms with Crippen molar-refractivity contribution in [3.8, 4) is 28.4 Å². The third kappa shape index (κ3) is 4.93. The molecule has 0 aliphatic carbocycles. The highest BCUT2D eigenvalue weighted by molar-refractivity contribution is 5.78. The van der Waals surface area contributed by atoms with Crippen LogP contribution in [-0.4, -0.2) is 44.7 Å². The number of ether oxygens (including phenoxy) is 3. The lowest BCUT2D eigenvalue weighted by Crippen LogP contribution is -2.29. The number of alkyl halides is 3. The van der Waals surface area contributed by atoms with Crippen molar-refractivity contribution in [3.05, 3.63) is 42.0 Å². The van der Waals surface area contributed by atoms with Gasteiger partial charge in [-0.05, 0) is 42.3 Å². The first-order chi connectivity index (χ1) is 13.8. The monoisotopic (exact) mass is 409 g/mol. The fourth-order valence-corrected chi connectivity index (χ4v) is 3.25. The van der Waals surface area contributed by atoms with Gasteiger partial charge < -0.3 is 19.1 Å². The molecular weight excluding hydrogens is 387 g/mol. The maximum atomic E-state index is 13.4. The maximum Gasteiger partial charge on any atom is 0.416 e. The van der Waals surface area contributed by atoms with Crippen molar-refractivity contribution in [2.24, 2.45) is 0 Å². The van der Waals surface area contributed by atoms with Crippen LogP contribution in [0.4, 0.5) is 13.2 Å². The second-order valence-electron chi connectivity index (χ2n) is 6.64. The molecule has 0 N–H and O–H groups in total. The summed E-state index contributed by atoms with van der Waals surface area (Å²) in [6.07, 6.45) is -3.23. The van der Waals surface area contributed by atoms with Crippen LogP contribution in [0.15, 0.2) is 36.4 Å². The number of carbonyl (C=O) groups is 1. The second-order valence-corrected chi connectivity index (χ2v) is 6.64. The quantitative estimate of drug-likeness (QED) is 0.681. The summed E-state index contributed by atoms with van der Waals surface area (Å²) in [7, 11) is 2.94. The van der Waals surface area contributed by atoms with E-state index in [4.69, 9.17) is 14.2 Å². The van der Waals surface area contributed by atoms with E-state index in [-0.39, 0.29) is 18.3 Å². The number of amides is 1. The molecule has 1 saturated heterocycles. The van der Waals surface area contributed by atoms with Gasteiger partial charge in [-0.3, -0.25) is 4.79 Å². The van der Waals surface area contributed by atoms with Crippen LogP contribution in [0.2, 0.25) is 0 Å². The van der Waals surface area contributed by atoms with E-state index in [2.05, 4.69) is 0 Å². The number of rotatable bonds is 7. The van der Waals surface area contributed by atoms with Gasteiger partial charge in [0, 0.05) is 24.6 Å². The van der Waals surface area contributed by atoms with Gasteiger partial charge in [0.05, 0.1) is 26.3 Å². The van der Waals surface area contributed by atoms with Crippen LogP contribution in [0, 0.1) is 0 Å². The number of hydrogen-bond acceptors (Lipinski definition) is 4. The van der Waals surface area contributed by atoms with Gasteiger partial charge in [0.1, 0.15) is 23.9 Å². The molecule has 2 aromatic rings. The van der Waals surface area contributed by atoms with Gasteiger partial charge in [-0.2, -0.15) is 13.2 Å². The van der Waals surface area contributed by atoms with Gasteiger partial charge in [-0.1, -0.05) is 0 Å². The van der Waals surface area contributed by atoms with Gasteiger partial charge in [-0.15, -0.1) is 0 Å². The fourth-order valence-electron chi connectivity index (χ4n) is 3.25. The minimum absolute atomic E-state index is 0.0429. The van der Waals surface area contributed by atoms with Crippen molar-refractivity contribution in [3.63, 3.8) is 0 Å². The number of methoxy groups -OCH3 is 2. The van der Waals surface area contributed by atoms with E-state index in [1.165, 1.54) is 20.3 Å². The van der Waals surface area contributed by atoms with Crippen LogP contribution >= 0.6 is 0 Å². The smallest absolute Gasteiger partial charge is 0.416 e. The molecule has 1 aliphatic rings. The molecule has 0 spiro atoms. The molecule has 1 heterocycles. The molecule has 1 amide bonds. The SMILES string of the molecule is COc1ccc(-c2cc(OCCN3CCCC3=O)cc(C(F)(F)F)c2)c(OC)c1. The zero-order valence-electron chi connectivity index (χ0n) is 16.2. The van der Waals surface area contributed by atoms with Crippen molar-refractivity contribution in [1.29, 1.82) is 0 Å². The largest absolute Gasteiger partial charge is 0.497 e. The summed E-state index contributed by atoms with van der Waals surface area (Å²) >= 11 is 0. The average Bonchev–Trinajstić information content (AvgIpc) is 3.11. The average molecular weight is 409 g/mol. The van der Waals surface area contributed by atoms with E-state index in [9.17, 15) is 18.0 Å². The minimum Gasteiger partial charge on any atom is -0.497 e. The zero-order valence-corrected chi connectivity index (χ0v) is 16.2. The van der Waals surface area contributed by atoms with E-state index in [1.54, 1.807) is 23.1 Å². The third-order valence-electron chi connectivity index (χ3n) is 4.75. The van der Waals surface area contributed by atoms with Gasteiger partial charge in [-0.25, -0.2) is 0 Å². The van der Waals surface area contributed by atoms with Crippen LogP contribution < -0.4 is 14.2 Å². The molecule has 3 rings (SSSR count). The number of likely N-dealkylation sites (tertiary alicyclic amines) is 1. The van der Waals surface area contributed by atoms with Crippen molar-refractivity contribution in [1.82, 2.24) is 4.90 Å². The summed E-state index contributed by atoms with van der Waals surface area (Å²) in [6, 6.07) is 8.45. The first-order valence-corrected chi connectivity index (χ1v) is 9.17. The molecule has 8 heteroatoms. The molecule has 0 radical (unpaired) electrons. The van der Waals surface area contributed by atoms with Crippen molar-refractivity contribution < 1.29 is 32.2 Å². The molecule has 0 unspecified atom stereocenters. The molecule has 0 atom stereocenters. The molecule has 0 bridgehead atoms. The third-order valence-corrected chi connectivity index (χ3v) is 4.75. The summed E-state index contributed by atoms with van der Waals surface area (Å²) in [4.78, 5) is 13.3. The molecule has 5 nitrogen and oxygen atoms in total. The van der Waals surface area contributed by atoms with E-state index >= 15 is 0 Å². The second kappa shape index (κ2) is 8.63. The lowest BCUT2D eigenvalue weighted by molar-refractivity contribution is -0.137. The summed E-state index contributed by atoms with van der Waals surface area (Å²) in [5.74, 6) is 1.04. The normalized spacial score (nSPS) is 14.2. The van der Waals surface area contributed by atoms with Crippen LogP contribution in [0.3, 0.4) is 0 Å². The van der Waals surface area contributed by atoms with Crippen LogP contribution in [-0.2, 0) is 11.0 Å². The Kier molecular flexibility index (Phi) is 6.20. The van der Waals surface area contributed by atoms with Crippen LogP contribution in [0.25, 0.3) is 11.1 Å². The number of benzene rings is 2. The fraction of sp³-hybridized carbons (Fsp3) is 0.381. The summed E-state index contributed by atoms with van der Waals surface area (Å²) < 4.78 is 56.3. The van der Waals surface area contributed by atoms with E-state index < -0.39 is 11.7 Å². The summed E-state index contributed by atoms with van der Waals surface area (Å²) in [5, 5.41) is 0. The molecule has 0 aromatic heterocycles. The summed E-state index contributed by atoms with van der Waals surface area (Å²) in [5.41, 5.74) is -0.0225. The van der Waals surface area contributed by atoms with Gasteiger partial charge >= 0.3 is 6.18 Å². The van der Waals surface area contributed by atoms with E-state index in [0.29, 0.717) is 42.1 Å². The number of halogens is 3. The topological polar surface area (TPSA) is 48.0 Å². The number of hydrogen-bond donors (Lipinski definition) is 0. The number of nitrogens with zero attached hydrogens (tertiary/aromatic N) is 1. The van der Waals surface area contributed by atoms with Crippen molar-refractivity contribution >= 4 is 5.91 Å². The Morgan fingerprint density at radius 3 is 2.45 bits per heavy atom. The van der Waals surface area contributed by atoms with Gasteiger partial charge in [0.15, 0.2) is 0 Å². The van der Waals surface area contributed by atoms with Crippen LogP contribution in [0.5, 0.6) is 17.2 Å². The predicted molar refractivity (Wildman–Crippen MR) is 101 cm³/mol. The highest BCUT2D eigenvalue weighted by Crippen LogP contribution is 2.39. The Bertz CT molecular complexity index is 883. The predicted octanol–water partition coefficient (Wildman–Crippen LogP) is 4.39. The van der Waals surface area contributed by atoms with Crippen molar-refractivity contribution in [2.45, 2.75) is 19.0 Å². The molecule has 0 saturated carbocycles. The lowest BCUT2D eigenvalue weighted by Gasteiger charge is -2.18. The van der Waals surface area contributed by atoms with Crippen molar-refractivity contribution in [2.75, 3.05) is 33.9 Å². The van der Waals surface area contributed by atoms with E-state index in [0.717, 1.165) is 18.6 Å². The Morgan fingerprint density at radius 2 is 1.83 bits per heavy atom.